The molecule has 13 N–H and O–H groups in total. The van der Waals surface area contributed by atoms with Gasteiger partial charge in [-0.1, -0.05) is 0 Å². The van der Waals surface area contributed by atoms with Crippen LogP contribution in [0.3, 0.4) is 0 Å². The van der Waals surface area contributed by atoms with Crippen LogP contribution in [0, 0.1) is 21.4 Å². The fraction of sp³-hybridized carbons (Fsp3) is 0.379. The molecular formula is C29H32I6N6O13. The van der Waals surface area contributed by atoms with Gasteiger partial charge in [0.25, 0.3) is 23.6 Å². The SMILES string of the molecule is CC(O)(CO)NC(=O)c1c(I)c(NC(=O)CO)c(I)c(C(=O)NCC(O)CNC(=O)c2c(I)c(NC(=O)CO)c(I)c(C(=O)NC(C)(O)CO)c2I)c1I. The van der Waals surface area contributed by atoms with Crippen molar-refractivity contribution in [3.63, 3.8) is 0 Å². The Balaban J connectivity index is 2.43. The molecule has 2 rings (SSSR count). The molecule has 298 valence electrons. The van der Waals surface area contributed by atoms with Crippen LogP contribution >= 0.6 is 136 Å². The summed E-state index contributed by atoms with van der Waals surface area (Å²) in [5, 5.41) is 83.0. The van der Waals surface area contributed by atoms with Gasteiger partial charge in [-0.15, -0.1) is 0 Å². The zero-order chi connectivity index (χ0) is 41.5. The van der Waals surface area contributed by atoms with Gasteiger partial charge >= 0.3 is 0 Å². The molecule has 0 radical (unpaired) electrons. The Hall–Kier alpha value is -0.640. The highest BCUT2D eigenvalue weighted by Gasteiger charge is 2.33. The van der Waals surface area contributed by atoms with Crippen LogP contribution in [0.25, 0.3) is 0 Å². The van der Waals surface area contributed by atoms with Crippen LogP contribution in [0.15, 0.2) is 0 Å². The molecule has 0 saturated heterocycles. The van der Waals surface area contributed by atoms with Crippen LogP contribution in [0.2, 0.25) is 0 Å². The average Bonchev–Trinajstić information content (AvgIpc) is 3.09. The Bertz CT molecular complexity index is 1720. The highest BCUT2D eigenvalue weighted by Crippen LogP contribution is 2.37. The van der Waals surface area contributed by atoms with Crippen molar-refractivity contribution in [1.82, 2.24) is 21.3 Å². The molecular weight excluding hydrogens is 1400 g/mol. The first kappa shape index (κ1) is 49.5. The zero-order valence-corrected chi connectivity index (χ0v) is 40.6. The molecule has 0 spiro atoms. The van der Waals surface area contributed by atoms with Crippen LogP contribution in [-0.4, -0.2) is 128 Å². The van der Waals surface area contributed by atoms with Gasteiger partial charge in [-0.05, 0) is 149 Å². The minimum atomic E-state index is -2.05. The molecule has 0 aliphatic heterocycles. The lowest BCUT2D eigenvalue weighted by Crippen LogP contribution is -2.49. The molecule has 0 fully saturated rings. The van der Waals surface area contributed by atoms with Crippen molar-refractivity contribution in [2.75, 3.05) is 50.2 Å². The molecule has 0 heterocycles. The van der Waals surface area contributed by atoms with Crippen molar-refractivity contribution >= 4 is 182 Å². The Labute approximate surface area is 388 Å². The normalized spacial score (nSPS) is 13.8. The van der Waals surface area contributed by atoms with Gasteiger partial charge in [0.1, 0.15) is 13.2 Å². The summed E-state index contributed by atoms with van der Waals surface area (Å²) in [5.41, 5.74) is -4.66. The van der Waals surface area contributed by atoms with Crippen LogP contribution in [0.5, 0.6) is 0 Å². The quantitative estimate of drug-likeness (QED) is 0.0751. The van der Waals surface area contributed by atoms with Gasteiger partial charge in [-0.25, -0.2) is 0 Å². The number of carbonyl (C=O) groups excluding carboxylic acids is 6. The first-order valence-electron chi connectivity index (χ1n) is 14.8. The first-order chi connectivity index (χ1) is 25.0. The summed E-state index contributed by atoms with van der Waals surface area (Å²) in [6.07, 6.45) is -1.43. The lowest BCUT2D eigenvalue weighted by atomic mass is 10.1. The number of aliphatic hydroxyl groups is 7. The second-order valence-electron chi connectivity index (χ2n) is 11.4. The molecule has 2 aromatic rings. The fourth-order valence-electron chi connectivity index (χ4n) is 4.07. The number of rotatable bonds is 16. The van der Waals surface area contributed by atoms with Crippen LogP contribution in [0.1, 0.15) is 55.3 Å². The Morgan fingerprint density at radius 1 is 0.537 bits per heavy atom. The molecule has 0 saturated carbocycles. The smallest absolute Gasteiger partial charge is 0.255 e. The maximum absolute atomic E-state index is 13.5. The van der Waals surface area contributed by atoms with E-state index in [2.05, 4.69) is 31.9 Å². The van der Waals surface area contributed by atoms with Crippen molar-refractivity contribution in [2.45, 2.75) is 31.4 Å². The molecule has 6 amide bonds. The van der Waals surface area contributed by atoms with E-state index in [9.17, 15) is 64.5 Å². The number of nitrogens with one attached hydrogen (secondary N) is 6. The molecule has 25 heteroatoms. The third-order valence-electron chi connectivity index (χ3n) is 6.74. The molecule has 2 atom stereocenters. The largest absolute Gasteiger partial charge is 0.391 e. The molecule has 19 nitrogen and oxygen atoms in total. The van der Waals surface area contributed by atoms with Gasteiger partial charge in [-0.2, -0.15) is 0 Å². The third-order valence-corrected chi connectivity index (χ3v) is 13.2. The van der Waals surface area contributed by atoms with Crippen molar-refractivity contribution in [3.05, 3.63) is 43.7 Å². The third kappa shape index (κ3) is 12.7. The van der Waals surface area contributed by atoms with E-state index >= 15 is 0 Å². The van der Waals surface area contributed by atoms with Crippen LogP contribution in [-0.2, 0) is 9.59 Å². The van der Waals surface area contributed by atoms with E-state index in [-0.39, 0.29) is 55.0 Å². The summed E-state index contributed by atoms with van der Waals surface area (Å²) in [7, 11) is 0. The van der Waals surface area contributed by atoms with E-state index in [0.717, 1.165) is 13.8 Å². The van der Waals surface area contributed by atoms with E-state index in [1.807, 2.05) is 0 Å². The number of benzene rings is 2. The first-order valence-corrected chi connectivity index (χ1v) is 21.2. The topological polar surface area (TPSA) is 316 Å². The highest BCUT2D eigenvalue weighted by molar-refractivity contribution is 14.1. The van der Waals surface area contributed by atoms with Crippen molar-refractivity contribution in [1.29, 1.82) is 0 Å². The lowest BCUT2D eigenvalue weighted by molar-refractivity contribution is -0.119. The monoisotopic (exact) mass is 1430 g/mol. The van der Waals surface area contributed by atoms with Crippen molar-refractivity contribution < 1.29 is 64.5 Å². The molecule has 2 aromatic carbocycles. The Kier molecular flexibility index (Phi) is 19.6. The van der Waals surface area contributed by atoms with E-state index < -0.39 is 92.5 Å². The summed E-state index contributed by atoms with van der Waals surface area (Å²) in [4.78, 5) is 77.8. The fourth-order valence-corrected chi connectivity index (χ4v) is 12.9. The number of halogens is 6. The van der Waals surface area contributed by atoms with Gasteiger partial charge in [0.2, 0.25) is 11.8 Å². The summed E-state index contributed by atoms with van der Waals surface area (Å²) in [6.45, 7) is -2.19. The average molecular weight is 1430 g/mol. The lowest BCUT2D eigenvalue weighted by Gasteiger charge is -2.25. The summed E-state index contributed by atoms with van der Waals surface area (Å²) in [5.74, 6) is -5.18. The van der Waals surface area contributed by atoms with Crippen LogP contribution in [0.4, 0.5) is 11.4 Å². The number of amides is 6. The van der Waals surface area contributed by atoms with E-state index in [4.69, 9.17) is 0 Å². The number of anilines is 2. The Morgan fingerprint density at radius 3 is 1.07 bits per heavy atom. The number of aliphatic hydroxyl groups excluding tert-OH is 5. The summed E-state index contributed by atoms with van der Waals surface area (Å²) >= 11 is 10.4. The minimum Gasteiger partial charge on any atom is -0.391 e. The predicted octanol–water partition coefficient (Wildman–Crippen LogP) is -0.442. The maximum atomic E-state index is 13.5. The van der Waals surface area contributed by atoms with E-state index in [1.165, 1.54) is 0 Å². The summed E-state index contributed by atoms with van der Waals surface area (Å²) < 4.78 is 0.742. The maximum Gasteiger partial charge on any atom is 0.255 e. The molecule has 54 heavy (non-hydrogen) atoms. The predicted molar refractivity (Wildman–Crippen MR) is 242 cm³/mol. The summed E-state index contributed by atoms with van der Waals surface area (Å²) in [6, 6.07) is 0. The molecule has 0 aromatic heterocycles. The molecule has 0 aliphatic carbocycles. The second-order valence-corrected chi connectivity index (χ2v) is 17.9. The van der Waals surface area contributed by atoms with Gasteiger partial charge in [0.15, 0.2) is 11.4 Å². The minimum absolute atomic E-state index is 0.00767. The molecule has 0 aliphatic rings. The Morgan fingerprint density at radius 2 is 0.815 bits per heavy atom. The highest BCUT2D eigenvalue weighted by atomic mass is 127. The number of hydrogen-bond donors (Lipinski definition) is 13. The van der Waals surface area contributed by atoms with E-state index in [0.29, 0.717) is 0 Å². The van der Waals surface area contributed by atoms with Gasteiger partial charge in [0, 0.05) is 20.2 Å². The van der Waals surface area contributed by atoms with E-state index in [1.54, 1.807) is 136 Å². The molecule has 2 unspecified atom stereocenters. The second kappa shape index (κ2) is 21.4. The van der Waals surface area contributed by atoms with Gasteiger partial charge < -0.3 is 67.6 Å². The van der Waals surface area contributed by atoms with Crippen LogP contribution < -0.4 is 31.9 Å². The number of carbonyl (C=O) groups is 6. The zero-order valence-electron chi connectivity index (χ0n) is 27.7. The van der Waals surface area contributed by atoms with Gasteiger partial charge in [0.05, 0.1) is 67.2 Å². The standard InChI is InChI=1S/C29H32I6N6O13/c1-28(53,7-44)40-26(51)14-16(30)12(18(32)22(20(14)34)38-10(47)5-42)24(49)36-3-9(46)4-37-25(50)13-17(31)15(27(52)41-29(2,54)8-45)21(35)23(19(13)33)39-11(48)6-43/h9,42-46,53-54H,3-8H2,1-2H3,(H,36,49)(H,37,50)(H,38,47)(H,39,48)(H,40,51)(H,41,52). The van der Waals surface area contributed by atoms with Crippen molar-refractivity contribution in [2.24, 2.45) is 0 Å². The van der Waals surface area contributed by atoms with Gasteiger partial charge in [-0.3, -0.25) is 28.8 Å². The molecule has 0 bridgehead atoms. The number of hydrogen-bond acceptors (Lipinski definition) is 13. The van der Waals surface area contributed by atoms with Crippen molar-refractivity contribution in [3.8, 4) is 0 Å².